The number of fused-ring (bicyclic) bond motifs is 1. The summed E-state index contributed by atoms with van der Waals surface area (Å²) in [7, 11) is 1.74. The molecule has 2 aliphatic rings. The van der Waals surface area contributed by atoms with E-state index < -0.39 is 0 Å². The molecule has 4 rings (SSSR count). The number of piperidine rings is 1. The number of likely N-dealkylation sites (tertiary alicyclic amines) is 1. The van der Waals surface area contributed by atoms with Gasteiger partial charge in [0.25, 0.3) is 5.91 Å². The highest BCUT2D eigenvalue weighted by Crippen LogP contribution is 2.47. The third-order valence-electron chi connectivity index (χ3n) is 5.94. The number of imidazole rings is 1. The predicted octanol–water partition coefficient (Wildman–Crippen LogP) is 2.54. The first kappa shape index (κ1) is 19.4. The number of carbonyl (C=O) groups is 1. The number of aryl methyl sites for hydroxylation is 2. The van der Waals surface area contributed by atoms with Crippen molar-refractivity contribution in [2.24, 2.45) is 16.8 Å². The van der Waals surface area contributed by atoms with Crippen molar-refractivity contribution in [3.05, 3.63) is 54.4 Å². The zero-order chi connectivity index (χ0) is 20.5. The number of aromatic nitrogens is 3. The minimum Gasteiger partial charge on any atom is -0.368 e. The second-order valence-electron chi connectivity index (χ2n) is 8.04. The summed E-state index contributed by atoms with van der Waals surface area (Å²) in [5, 5.41) is 3.33. The molecule has 2 fully saturated rings. The summed E-state index contributed by atoms with van der Waals surface area (Å²) in [6.45, 7) is 9.10. The Morgan fingerprint density at radius 3 is 2.83 bits per heavy atom. The first-order chi connectivity index (χ1) is 14.0. The van der Waals surface area contributed by atoms with Crippen LogP contribution >= 0.6 is 0 Å². The second kappa shape index (κ2) is 7.81. The highest BCUT2D eigenvalue weighted by atomic mass is 16.2. The molecule has 2 aromatic heterocycles. The molecule has 0 radical (unpaired) electrons. The third kappa shape index (κ3) is 3.95. The van der Waals surface area contributed by atoms with Crippen molar-refractivity contribution >= 4 is 11.7 Å². The standard InChI is InChI=1S/C22H28N6O/c1-5-20(23-4)24-10-18-9-16-8-17(16)12-28(18)22(29)21-19(7-6-14(2)26-21)27-11-15(3)25-13-27/h5-7,11,13,16-18H,1,8-10,12H2,2-4H3,(H,23,24). The van der Waals surface area contributed by atoms with Crippen LogP contribution in [0.15, 0.2) is 42.3 Å². The van der Waals surface area contributed by atoms with E-state index in [1.54, 1.807) is 19.5 Å². The maximum Gasteiger partial charge on any atom is 0.274 e. The van der Waals surface area contributed by atoms with E-state index in [0.717, 1.165) is 41.8 Å². The van der Waals surface area contributed by atoms with Crippen LogP contribution in [0.5, 0.6) is 0 Å². The van der Waals surface area contributed by atoms with Crippen molar-refractivity contribution in [3.63, 3.8) is 0 Å². The smallest absolute Gasteiger partial charge is 0.274 e. The van der Waals surface area contributed by atoms with Crippen molar-refractivity contribution in [1.82, 2.24) is 24.8 Å². The van der Waals surface area contributed by atoms with Crippen LogP contribution in [0, 0.1) is 25.7 Å². The van der Waals surface area contributed by atoms with Crippen molar-refractivity contribution in [3.8, 4) is 5.69 Å². The molecule has 0 aromatic carbocycles. The Kier molecular flexibility index (Phi) is 5.22. The van der Waals surface area contributed by atoms with Crippen LogP contribution in [0.3, 0.4) is 0 Å². The largest absolute Gasteiger partial charge is 0.368 e. The van der Waals surface area contributed by atoms with E-state index in [4.69, 9.17) is 0 Å². The van der Waals surface area contributed by atoms with Crippen LogP contribution in [-0.4, -0.2) is 57.4 Å². The fourth-order valence-electron chi connectivity index (χ4n) is 4.21. The van der Waals surface area contributed by atoms with E-state index >= 15 is 0 Å². The van der Waals surface area contributed by atoms with Gasteiger partial charge in [-0.1, -0.05) is 6.58 Å². The molecular formula is C22H28N6O. The van der Waals surface area contributed by atoms with Crippen LogP contribution in [0.4, 0.5) is 0 Å². The summed E-state index contributed by atoms with van der Waals surface area (Å²) in [6, 6.07) is 4.00. The Morgan fingerprint density at radius 2 is 2.14 bits per heavy atom. The molecule has 2 aromatic rings. The molecule has 152 valence electrons. The van der Waals surface area contributed by atoms with Crippen LogP contribution < -0.4 is 5.32 Å². The zero-order valence-corrected chi connectivity index (χ0v) is 17.3. The Hall–Kier alpha value is -2.96. The SMILES string of the molecule is C=CC(=NC)NCC1CC2CC2CN1C(=O)c1nc(C)ccc1-n1cnc(C)c1. The van der Waals surface area contributed by atoms with Gasteiger partial charge in [-0.25, -0.2) is 9.97 Å². The van der Waals surface area contributed by atoms with E-state index in [1.165, 1.54) is 6.42 Å². The average molecular weight is 393 g/mol. The molecule has 1 N–H and O–H groups in total. The summed E-state index contributed by atoms with van der Waals surface area (Å²) in [6.07, 6.45) is 7.59. The van der Waals surface area contributed by atoms with Gasteiger partial charge in [0.2, 0.25) is 0 Å². The molecule has 1 aliphatic carbocycles. The molecule has 0 bridgehead atoms. The number of hydrogen-bond donors (Lipinski definition) is 1. The summed E-state index contributed by atoms with van der Waals surface area (Å²) in [5.41, 5.74) is 2.99. The minimum atomic E-state index is -0.0132. The first-order valence-electron chi connectivity index (χ1n) is 10.1. The van der Waals surface area contributed by atoms with Gasteiger partial charge in [-0.05, 0) is 56.7 Å². The molecule has 7 heteroatoms. The van der Waals surface area contributed by atoms with Crippen LogP contribution in [0.25, 0.3) is 5.69 Å². The zero-order valence-electron chi connectivity index (χ0n) is 17.3. The van der Waals surface area contributed by atoms with Gasteiger partial charge in [0, 0.05) is 38.1 Å². The fourth-order valence-corrected chi connectivity index (χ4v) is 4.21. The van der Waals surface area contributed by atoms with Crippen LogP contribution in [0.1, 0.15) is 34.7 Å². The Bertz CT molecular complexity index is 962. The minimum absolute atomic E-state index is 0.0132. The number of nitrogens with one attached hydrogen (secondary N) is 1. The monoisotopic (exact) mass is 392 g/mol. The van der Waals surface area contributed by atoms with Crippen LogP contribution in [-0.2, 0) is 0 Å². The Balaban J connectivity index is 1.63. The summed E-state index contributed by atoms with van der Waals surface area (Å²) in [4.78, 5) is 28.8. The maximum atomic E-state index is 13.7. The van der Waals surface area contributed by atoms with Crippen LogP contribution in [0.2, 0.25) is 0 Å². The highest BCUT2D eigenvalue weighted by Gasteiger charge is 2.47. The predicted molar refractivity (Wildman–Crippen MR) is 113 cm³/mol. The van der Waals surface area contributed by atoms with Gasteiger partial charge in [0.15, 0.2) is 5.69 Å². The van der Waals surface area contributed by atoms with Gasteiger partial charge < -0.3 is 14.8 Å². The van der Waals surface area contributed by atoms with E-state index in [1.807, 2.05) is 41.6 Å². The Morgan fingerprint density at radius 1 is 1.31 bits per heavy atom. The lowest BCUT2D eigenvalue weighted by Gasteiger charge is -2.36. The molecule has 1 saturated heterocycles. The molecule has 29 heavy (non-hydrogen) atoms. The van der Waals surface area contributed by atoms with Gasteiger partial charge in [0.05, 0.1) is 17.7 Å². The molecule has 1 amide bonds. The highest BCUT2D eigenvalue weighted by molar-refractivity contribution is 5.96. The Labute approximate surface area is 171 Å². The normalized spacial score (nSPS) is 23.5. The van der Waals surface area contributed by atoms with Gasteiger partial charge in [-0.3, -0.25) is 9.79 Å². The van der Waals surface area contributed by atoms with Gasteiger partial charge in [-0.15, -0.1) is 0 Å². The molecule has 3 atom stereocenters. The summed E-state index contributed by atoms with van der Waals surface area (Å²) in [5.74, 6) is 2.09. The fraction of sp³-hybridized carbons (Fsp3) is 0.455. The number of rotatable bonds is 5. The molecule has 1 saturated carbocycles. The lowest BCUT2D eigenvalue weighted by Crippen LogP contribution is -2.50. The van der Waals surface area contributed by atoms with Crippen molar-refractivity contribution in [1.29, 1.82) is 0 Å². The molecular weight excluding hydrogens is 364 g/mol. The van der Waals surface area contributed by atoms with Gasteiger partial charge in [0.1, 0.15) is 5.84 Å². The maximum absolute atomic E-state index is 13.7. The number of nitrogens with zero attached hydrogens (tertiary/aromatic N) is 5. The van der Waals surface area contributed by atoms with E-state index in [2.05, 4.69) is 26.9 Å². The van der Waals surface area contributed by atoms with E-state index in [0.29, 0.717) is 18.2 Å². The topological polar surface area (TPSA) is 75.4 Å². The van der Waals surface area contributed by atoms with Crippen molar-refractivity contribution in [2.75, 3.05) is 20.1 Å². The molecule has 7 nitrogen and oxygen atoms in total. The second-order valence-corrected chi connectivity index (χ2v) is 8.04. The lowest BCUT2D eigenvalue weighted by atomic mass is 10.0. The number of carbonyl (C=O) groups excluding carboxylic acids is 1. The number of hydrogen-bond acceptors (Lipinski definition) is 4. The number of pyridine rings is 1. The molecule has 3 unspecified atom stereocenters. The van der Waals surface area contributed by atoms with E-state index in [9.17, 15) is 4.79 Å². The average Bonchev–Trinajstić information content (AvgIpc) is 3.36. The lowest BCUT2D eigenvalue weighted by molar-refractivity contribution is 0.0599. The number of amides is 1. The van der Waals surface area contributed by atoms with E-state index in [-0.39, 0.29) is 11.9 Å². The summed E-state index contributed by atoms with van der Waals surface area (Å²) < 4.78 is 1.88. The molecule has 0 spiro atoms. The third-order valence-corrected chi connectivity index (χ3v) is 5.94. The van der Waals surface area contributed by atoms with Crippen molar-refractivity contribution < 1.29 is 4.79 Å². The summed E-state index contributed by atoms with van der Waals surface area (Å²) >= 11 is 0. The van der Waals surface area contributed by atoms with Crippen molar-refractivity contribution in [2.45, 2.75) is 32.7 Å². The van der Waals surface area contributed by atoms with Gasteiger partial charge in [-0.2, -0.15) is 0 Å². The quantitative estimate of drug-likeness (QED) is 0.627. The molecule has 3 heterocycles. The number of amidine groups is 1. The number of aliphatic imine (C=N–C) groups is 1. The molecule has 1 aliphatic heterocycles. The van der Waals surface area contributed by atoms with Gasteiger partial charge >= 0.3 is 0 Å². The first-order valence-corrected chi connectivity index (χ1v) is 10.1.